The first-order valence-electron chi connectivity index (χ1n) is 5.88. The molecular formula is C11H15N5OS. The average Bonchev–Trinajstić information content (AvgIpc) is 2.91. The fourth-order valence-corrected chi connectivity index (χ4v) is 2.92. The number of aryl methyl sites for hydroxylation is 1. The summed E-state index contributed by atoms with van der Waals surface area (Å²) in [4.78, 5) is 21.8. The SMILES string of the molecule is Cc1ncsc1CCN1CC(CN=[N+]=[N-])CC1=O. The van der Waals surface area contributed by atoms with E-state index in [9.17, 15) is 4.79 Å². The molecule has 2 heterocycles. The predicted molar refractivity (Wildman–Crippen MR) is 69.3 cm³/mol. The lowest BCUT2D eigenvalue weighted by Crippen LogP contribution is -2.27. The van der Waals surface area contributed by atoms with Gasteiger partial charge in [-0.1, -0.05) is 5.11 Å². The van der Waals surface area contributed by atoms with Gasteiger partial charge in [0, 0.05) is 42.3 Å². The van der Waals surface area contributed by atoms with Gasteiger partial charge in [0.1, 0.15) is 0 Å². The molecule has 1 amide bonds. The Morgan fingerprint density at radius 1 is 1.72 bits per heavy atom. The molecule has 0 N–H and O–H groups in total. The van der Waals surface area contributed by atoms with Crippen LogP contribution in [0.2, 0.25) is 0 Å². The molecule has 0 aromatic carbocycles. The van der Waals surface area contributed by atoms with Crippen molar-refractivity contribution in [3.63, 3.8) is 0 Å². The number of carbonyl (C=O) groups is 1. The van der Waals surface area contributed by atoms with Crippen molar-refractivity contribution in [2.24, 2.45) is 11.0 Å². The molecule has 1 aromatic heterocycles. The molecule has 18 heavy (non-hydrogen) atoms. The fourth-order valence-electron chi connectivity index (χ4n) is 2.15. The minimum Gasteiger partial charge on any atom is -0.342 e. The summed E-state index contributed by atoms with van der Waals surface area (Å²) in [6.07, 6.45) is 1.36. The molecule has 7 heteroatoms. The highest BCUT2D eigenvalue weighted by atomic mass is 32.1. The molecule has 1 saturated heterocycles. The standard InChI is InChI=1S/C11H15N5OS/c1-8-10(18-7-13-8)2-3-16-6-9(4-11(16)17)5-14-15-12/h7,9H,2-6H2,1H3. The second-order valence-corrected chi connectivity index (χ2v) is 5.37. The number of amides is 1. The molecule has 0 aliphatic carbocycles. The molecule has 0 spiro atoms. The number of hydrogen-bond acceptors (Lipinski definition) is 4. The Labute approximate surface area is 109 Å². The highest BCUT2D eigenvalue weighted by Gasteiger charge is 2.28. The Hall–Kier alpha value is -1.59. The summed E-state index contributed by atoms with van der Waals surface area (Å²) >= 11 is 1.63. The molecule has 0 bridgehead atoms. The van der Waals surface area contributed by atoms with Crippen LogP contribution < -0.4 is 0 Å². The topological polar surface area (TPSA) is 82.0 Å². The van der Waals surface area contributed by atoms with Crippen molar-refractivity contribution >= 4 is 17.2 Å². The molecule has 2 rings (SSSR count). The van der Waals surface area contributed by atoms with E-state index in [4.69, 9.17) is 5.53 Å². The Morgan fingerprint density at radius 2 is 2.56 bits per heavy atom. The van der Waals surface area contributed by atoms with Crippen LogP contribution in [0.3, 0.4) is 0 Å². The number of hydrogen-bond donors (Lipinski definition) is 0. The summed E-state index contributed by atoms with van der Waals surface area (Å²) in [6, 6.07) is 0. The number of likely N-dealkylation sites (tertiary alicyclic amines) is 1. The monoisotopic (exact) mass is 265 g/mol. The summed E-state index contributed by atoms with van der Waals surface area (Å²) in [5, 5.41) is 3.54. The van der Waals surface area contributed by atoms with Crippen molar-refractivity contribution in [3.8, 4) is 0 Å². The van der Waals surface area contributed by atoms with Crippen LogP contribution in [0.25, 0.3) is 10.4 Å². The lowest BCUT2D eigenvalue weighted by Gasteiger charge is -2.15. The largest absolute Gasteiger partial charge is 0.342 e. The molecule has 1 aliphatic heterocycles. The first-order valence-corrected chi connectivity index (χ1v) is 6.76. The van der Waals surface area contributed by atoms with E-state index in [1.165, 1.54) is 4.88 Å². The smallest absolute Gasteiger partial charge is 0.222 e. The van der Waals surface area contributed by atoms with E-state index in [0.29, 0.717) is 19.5 Å². The summed E-state index contributed by atoms with van der Waals surface area (Å²) < 4.78 is 0. The van der Waals surface area contributed by atoms with Crippen molar-refractivity contribution in [1.29, 1.82) is 0 Å². The quantitative estimate of drug-likeness (QED) is 0.464. The van der Waals surface area contributed by atoms with Crippen molar-refractivity contribution in [2.45, 2.75) is 19.8 Å². The predicted octanol–water partition coefficient (Wildman–Crippen LogP) is 2.15. The van der Waals surface area contributed by atoms with Crippen LogP contribution in [-0.2, 0) is 11.2 Å². The van der Waals surface area contributed by atoms with E-state index in [1.54, 1.807) is 11.3 Å². The van der Waals surface area contributed by atoms with Crippen LogP contribution in [0.5, 0.6) is 0 Å². The minimum atomic E-state index is 0.162. The number of azide groups is 1. The van der Waals surface area contributed by atoms with Crippen molar-refractivity contribution in [2.75, 3.05) is 19.6 Å². The van der Waals surface area contributed by atoms with Crippen LogP contribution in [0.4, 0.5) is 0 Å². The highest BCUT2D eigenvalue weighted by molar-refractivity contribution is 7.09. The van der Waals surface area contributed by atoms with E-state index < -0.39 is 0 Å². The van der Waals surface area contributed by atoms with Gasteiger partial charge >= 0.3 is 0 Å². The maximum atomic E-state index is 11.8. The van der Waals surface area contributed by atoms with Gasteiger partial charge in [0.25, 0.3) is 0 Å². The third kappa shape index (κ3) is 3.00. The normalized spacial score (nSPS) is 19.1. The minimum absolute atomic E-state index is 0.162. The van der Waals surface area contributed by atoms with Gasteiger partial charge in [-0.25, -0.2) is 4.98 Å². The number of carbonyl (C=O) groups excluding carboxylic acids is 1. The lowest BCUT2D eigenvalue weighted by molar-refractivity contribution is -0.127. The van der Waals surface area contributed by atoms with Gasteiger partial charge in [-0.3, -0.25) is 4.79 Å². The van der Waals surface area contributed by atoms with Gasteiger partial charge < -0.3 is 4.90 Å². The number of nitrogens with zero attached hydrogens (tertiary/aromatic N) is 5. The van der Waals surface area contributed by atoms with Gasteiger partial charge in [0.05, 0.1) is 11.2 Å². The summed E-state index contributed by atoms with van der Waals surface area (Å²) in [6.45, 7) is 3.84. The van der Waals surface area contributed by atoms with Gasteiger partial charge in [-0.05, 0) is 18.4 Å². The third-order valence-electron chi connectivity index (χ3n) is 3.15. The van der Waals surface area contributed by atoms with Gasteiger partial charge in [0.2, 0.25) is 5.91 Å². The molecule has 1 aromatic rings. The van der Waals surface area contributed by atoms with E-state index in [1.807, 2.05) is 17.3 Å². The van der Waals surface area contributed by atoms with E-state index >= 15 is 0 Å². The number of aromatic nitrogens is 1. The number of thiazole rings is 1. The van der Waals surface area contributed by atoms with Crippen LogP contribution in [-0.4, -0.2) is 35.4 Å². The van der Waals surface area contributed by atoms with Gasteiger partial charge in [-0.15, -0.1) is 11.3 Å². The first-order chi connectivity index (χ1) is 8.70. The molecule has 1 atom stereocenters. The van der Waals surface area contributed by atoms with Crippen molar-refractivity contribution < 1.29 is 4.79 Å². The van der Waals surface area contributed by atoms with E-state index in [0.717, 1.165) is 18.7 Å². The van der Waals surface area contributed by atoms with Crippen molar-refractivity contribution in [1.82, 2.24) is 9.88 Å². The highest BCUT2D eigenvalue weighted by Crippen LogP contribution is 2.20. The Kier molecular flexibility index (Phi) is 4.17. The first kappa shape index (κ1) is 12.9. The molecular weight excluding hydrogens is 250 g/mol. The zero-order valence-corrected chi connectivity index (χ0v) is 11.1. The van der Waals surface area contributed by atoms with Gasteiger partial charge in [0.15, 0.2) is 0 Å². The molecule has 1 aliphatic rings. The lowest BCUT2D eigenvalue weighted by atomic mass is 10.1. The maximum Gasteiger partial charge on any atom is 0.222 e. The van der Waals surface area contributed by atoms with Crippen LogP contribution >= 0.6 is 11.3 Å². The molecule has 0 radical (unpaired) electrons. The van der Waals surface area contributed by atoms with Crippen LogP contribution in [0.1, 0.15) is 17.0 Å². The second kappa shape index (κ2) is 5.84. The van der Waals surface area contributed by atoms with Crippen LogP contribution in [0, 0.1) is 12.8 Å². The Bertz CT molecular complexity index is 480. The maximum absolute atomic E-state index is 11.8. The second-order valence-electron chi connectivity index (χ2n) is 4.43. The summed E-state index contributed by atoms with van der Waals surface area (Å²) in [5.74, 6) is 0.339. The zero-order valence-electron chi connectivity index (χ0n) is 10.2. The zero-order chi connectivity index (χ0) is 13.0. The molecule has 1 fully saturated rings. The average molecular weight is 265 g/mol. The fraction of sp³-hybridized carbons (Fsp3) is 0.636. The summed E-state index contributed by atoms with van der Waals surface area (Å²) in [5.41, 5.74) is 11.2. The van der Waals surface area contributed by atoms with E-state index in [-0.39, 0.29) is 11.8 Å². The summed E-state index contributed by atoms with van der Waals surface area (Å²) in [7, 11) is 0. The molecule has 96 valence electrons. The van der Waals surface area contributed by atoms with Crippen molar-refractivity contribution in [3.05, 3.63) is 26.5 Å². The van der Waals surface area contributed by atoms with Gasteiger partial charge in [-0.2, -0.15) is 0 Å². The Morgan fingerprint density at radius 3 is 3.22 bits per heavy atom. The molecule has 6 nitrogen and oxygen atoms in total. The third-order valence-corrected chi connectivity index (χ3v) is 4.15. The molecule has 1 unspecified atom stereocenters. The Balaban J connectivity index is 1.85. The van der Waals surface area contributed by atoms with E-state index in [2.05, 4.69) is 15.0 Å². The molecule has 0 saturated carbocycles. The van der Waals surface area contributed by atoms with Crippen LogP contribution in [0.15, 0.2) is 10.6 Å². The number of rotatable bonds is 5.